The van der Waals surface area contributed by atoms with Crippen molar-refractivity contribution in [1.29, 1.82) is 0 Å². The van der Waals surface area contributed by atoms with Crippen molar-refractivity contribution in [2.45, 2.75) is 0 Å². The van der Waals surface area contributed by atoms with Crippen LogP contribution in [0, 0.1) is 0 Å². The van der Waals surface area contributed by atoms with E-state index in [-0.39, 0.29) is 11.3 Å². The third-order valence-electron chi connectivity index (χ3n) is 4.67. The Morgan fingerprint density at radius 3 is 2.38 bits per heavy atom. The van der Waals surface area contributed by atoms with Gasteiger partial charge >= 0.3 is 0 Å². The van der Waals surface area contributed by atoms with E-state index in [2.05, 4.69) is 25.1 Å². The number of allylic oxidation sites excluding steroid dienone is 3. The summed E-state index contributed by atoms with van der Waals surface area (Å²) in [4.78, 5) is 24.4. The molecule has 3 rings (SSSR count). The van der Waals surface area contributed by atoms with Crippen LogP contribution in [0.15, 0.2) is 103 Å². The lowest BCUT2D eigenvalue weighted by atomic mass is 9.99. The van der Waals surface area contributed by atoms with E-state index in [9.17, 15) is 18.4 Å². The summed E-state index contributed by atoms with van der Waals surface area (Å²) in [6, 6.07) is 11.5. The Morgan fingerprint density at radius 1 is 1.06 bits per heavy atom. The SMILES string of the molecule is C=CC(=O)Nc1ccc(O/C(C(=C)F)=C(\F)C=C)c(-c2cn(C)c(=O)c3ccccc23)c1. The Bertz CT molecular complexity index is 1350. The molecule has 162 valence electrons. The molecule has 0 aliphatic rings. The van der Waals surface area contributed by atoms with Crippen molar-refractivity contribution < 1.29 is 18.3 Å². The summed E-state index contributed by atoms with van der Waals surface area (Å²) in [5.74, 6) is -3.24. The lowest BCUT2D eigenvalue weighted by molar-refractivity contribution is -0.111. The molecule has 2 aromatic carbocycles. The van der Waals surface area contributed by atoms with E-state index in [0.29, 0.717) is 27.6 Å². The van der Waals surface area contributed by atoms with E-state index in [1.165, 1.54) is 16.7 Å². The second kappa shape index (κ2) is 9.26. The number of anilines is 1. The molecule has 0 unspecified atom stereocenters. The van der Waals surface area contributed by atoms with Gasteiger partial charge in [0.1, 0.15) is 5.75 Å². The number of carbonyl (C=O) groups is 1. The van der Waals surface area contributed by atoms with Crippen molar-refractivity contribution in [3.63, 3.8) is 0 Å². The molecule has 0 radical (unpaired) electrons. The first kappa shape index (κ1) is 22.4. The zero-order valence-electron chi connectivity index (χ0n) is 17.3. The van der Waals surface area contributed by atoms with Gasteiger partial charge in [0.15, 0.2) is 17.4 Å². The van der Waals surface area contributed by atoms with E-state index in [1.54, 1.807) is 43.6 Å². The highest BCUT2D eigenvalue weighted by molar-refractivity contribution is 6.01. The first-order valence-electron chi connectivity index (χ1n) is 9.47. The maximum Gasteiger partial charge on any atom is 0.258 e. The molecule has 3 aromatic rings. The van der Waals surface area contributed by atoms with Crippen LogP contribution in [-0.2, 0) is 11.8 Å². The molecule has 0 aliphatic heterocycles. The minimum absolute atomic E-state index is 0.0798. The van der Waals surface area contributed by atoms with Gasteiger partial charge in [0.05, 0.1) is 0 Å². The highest BCUT2D eigenvalue weighted by Gasteiger charge is 2.18. The number of aromatic nitrogens is 1. The fourth-order valence-corrected chi connectivity index (χ4v) is 3.17. The summed E-state index contributed by atoms with van der Waals surface area (Å²) in [6.07, 6.45) is 3.50. The van der Waals surface area contributed by atoms with Crippen LogP contribution in [0.2, 0.25) is 0 Å². The predicted molar refractivity (Wildman–Crippen MR) is 123 cm³/mol. The molecule has 5 nitrogen and oxygen atoms in total. The van der Waals surface area contributed by atoms with Gasteiger partial charge < -0.3 is 14.6 Å². The fourth-order valence-electron chi connectivity index (χ4n) is 3.17. The van der Waals surface area contributed by atoms with Crippen LogP contribution in [0.1, 0.15) is 0 Å². The van der Waals surface area contributed by atoms with Crippen molar-refractivity contribution in [2.24, 2.45) is 7.05 Å². The normalized spacial score (nSPS) is 11.5. The number of hydrogen-bond acceptors (Lipinski definition) is 3. The molecule has 1 amide bonds. The molecule has 1 aromatic heterocycles. The van der Waals surface area contributed by atoms with Crippen LogP contribution in [-0.4, -0.2) is 10.5 Å². The number of rotatable bonds is 7. The zero-order chi connectivity index (χ0) is 23.4. The van der Waals surface area contributed by atoms with E-state index in [1.807, 2.05) is 0 Å². The van der Waals surface area contributed by atoms with Crippen molar-refractivity contribution in [1.82, 2.24) is 4.57 Å². The van der Waals surface area contributed by atoms with Crippen LogP contribution in [0.4, 0.5) is 14.5 Å². The Hall–Kier alpha value is -4.26. The summed E-state index contributed by atoms with van der Waals surface area (Å²) >= 11 is 0. The van der Waals surface area contributed by atoms with E-state index in [4.69, 9.17) is 4.74 Å². The van der Waals surface area contributed by atoms with Crippen molar-refractivity contribution in [3.8, 4) is 16.9 Å². The molecule has 0 spiro atoms. The molecule has 0 atom stereocenters. The standard InChI is InChI=1S/C25H20F2N2O3/c1-5-21(27)24(15(3)26)32-22-12-11-16(28-23(30)6-2)13-19(22)20-14-29(4)25(31)18-10-8-7-9-17(18)20/h5-14H,1-3H2,4H3,(H,28,30)/b24-21-. The third kappa shape index (κ3) is 4.41. The molecule has 32 heavy (non-hydrogen) atoms. The van der Waals surface area contributed by atoms with Gasteiger partial charge in [-0.25, -0.2) is 8.78 Å². The number of carbonyl (C=O) groups excluding carboxylic acids is 1. The monoisotopic (exact) mass is 434 g/mol. The molecule has 0 saturated carbocycles. The van der Waals surface area contributed by atoms with Gasteiger partial charge in [0.25, 0.3) is 5.56 Å². The Labute approximate surface area is 183 Å². The topological polar surface area (TPSA) is 60.3 Å². The summed E-state index contributed by atoms with van der Waals surface area (Å²) in [5, 5.41) is 3.68. The maximum atomic E-state index is 14.2. The number of pyridine rings is 1. The number of nitrogens with zero attached hydrogens (tertiary/aromatic N) is 1. The quantitative estimate of drug-likeness (QED) is 0.301. The van der Waals surface area contributed by atoms with Gasteiger partial charge in [-0.15, -0.1) is 0 Å². The predicted octanol–water partition coefficient (Wildman–Crippen LogP) is 5.56. The van der Waals surface area contributed by atoms with Crippen LogP contribution in [0.3, 0.4) is 0 Å². The minimum atomic E-state index is -1.12. The van der Waals surface area contributed by atoms with Crippen LogP contribution < -0.4 is 15.6 Å². The molecular formula is C25H20F2N2O3. The van der Waals surface area contributed by atoms with Crippen molar-refractivity contribution in [3.05, 3.63) is 108 Å². The number of aryl methyl sites for hydroxylation is 1. The largest absolute Gasteiger partial charge is 0.451 e. The maximum absolute atomic E-state index is 14.2. The Kier molecular flexibility index (Phi) is 6.49. The van der Waals surface area contributed by atoms with Crippen LogP contribution >= 0.6 is 0 Å². The highest BCUT2D eigenvalue weighted by atomic mass is 19.1. The zero-order valence-corrected chi connectivity index (χ0v) is 17.3. The molecule has 7 heteroatoms. The summed E-state index contributed by atoms with van der Waals surface area (Å²) in [5.41, 5.74) is 1.12. The van der Waals surface area contributed by atoms with Gasteiger partial charge in [0.2, 0.25) is 5.91 Å². The van der Waals surface area contributed by atoms with Gasteiger partial charge in [-0.3, -0.25) is 9.59 Å². The van der Waals surface area contributed by atoms with E-state index < -0.39 is 23.3 Å². The summed E-state index contributed by atoms with van der Waals surface area (Å²) < 4.78 is 35.0. The number of fused-ring (bicyclic) bond motifs is 1. The van der Waals surface area contributed by atoms with E-state index >= 15 is 0 Å². The number of amides is 1. The highest BCUT2D eigenvalue weighted by Crippen LogP contribution is 2.38. The number of halogens is 2. The lowest BCUT2D eigenvalue weighted by Gasteiger charge is -2.17. The van der Waals surface area contributed by atoms with Crippen LogP contribution in [0.25, 0.3) is 21.9 Å². The Morgan fingerprint density at radius 2 is 1.75 bits per heavy atom. The molecule has 0 aliphatic carbocycles. The molecule has 1 N–H and O–H groups in total. The molecule has 0 saturated heterocycles. The third-order valence-corrected chi connectivity index (χ3v) is 4.67. The molecule has 1 heterocycles. The first-order valence-corrected chi connectivity index (χ1v) is 9.47. The Balaban J connectivity index is 2.32. The number of hydrogen-bond donors (Lipinski definition) is 1. The average Bonchev–Trinajstić information content (AvgIpc) is 2.79. The van der Waals surface area contributed by atoms with Gasteiger partial charge in [-0.05, 0) is 41.8 Å². The van der Waals surface area contributed by atoms with Gasteiger partial charge in [-0.2, -0.15) is 0 Å². The number of nitrogens with one attached hydrogen (secondary N) is 1. The summed E-state index contributed by atoms with van der Waals surface area (Å²) in [7, 11) is 1.59. The average molecular weight is 434 g/mol. The van der Waals surface area contributed by atoms with Crippen molar-refractivity contribution in [2.75, 3.05) is 5.32 Å². The molecular weight excluding hydrogens is 414 g/mol. The second-order valence-corrected chi connectivity index (χ2v) is 6.80. The number of ether oxygens (including phenoxy) is 1. The molecule has 0 fully saturated rings. The lowest BCUT2D eigenvalue weighted by Crippen LogP contribution is -2.16. The van der Waals surface area contributed by atoms with Gasteiger partial charge in [-0.1, -0.05) is 37.9 Å². The van der Waals surface area contributed by atoms with E-state index in [0.717, 1.165) is 12.2 Å². The fraction of sp³-hybridized carbons (Fsp3) is 0.0400. The van der Waals surface area contributed by atoms with Crippen LogP contribution in [0.5, 0.6) is 5.75 Å². The molecule has 0 bridgehead atoms. The van der Waals surface area contributed by atoms with Crippen molar-refractivity contribution >= 4 is 22.4 Å². The summed E-state index contributed by atoms with van der Waals surface area (Å²) in [6.45, 7) is 9.83. The number of benzene rings is 2. The second-order valence-electron chi connectivity index (χ2n) is 6.80. The smallest absolute Gasteiger partial charge is 0.258 e. The minimum Gasteiger partial charge on any atom is -0.451 e. The van der Waals surface area contributed by atoms with Gasteiger partial charge in [0, 0.05) is 35.4 Å². The first-order chi connectivity index (χ1) is 15.3.